The Morgan fingerprint density at radius 1 is 0.243 bits per heavy atom. The smallest absolute Gasteiger partial charge is 0.204 e. The number of rotatable bonds is 16. The van der Waals surface area contributed by atoms with Gasteiger partial charge in [-0.2, -0.15) is 56.7 Å². The van der Waals surface area contributed by atoms with Crippen LogP contribution >= 0.6 is 0 Å². The summed E-state index contributed by atoms with van der Waals surface area (Å²) in [7, 11) is 0. The SMILES string of the molecule is CC1CCC(C2CCC(COc3ccc(O)c(F)c3F)CC2)CC1.CC1CCC(C2CCC(c3ccc(O)c(F)c3F)CC2)CC1.CC1CCC(COc2ccc(O)c(F)c2F)CC1.CC1CCC(c2ccc(-c3ccc(O)c(F)c3F)cc2)CC1.Cc1ccc(-c2cc[c-]cc2)cc1.Cc1ccc(-c2ccc(-c3ccc(-c4cc(F)c(F)c(F)c4)c(F)c3)cc2)cc1.Cc1ccc(-c2ccc(O)cc2)cc1.[Y].[Y].[Y].[Y].[Y].[Y]. The molecule has 0 aromatic heterocycles. The largest absolute Gasteiger partial charge is 0.508 e. The average Bonchev–Trinajstić information content (AvgIpc) is 0.822. The molecule has 6 aliphatic rings. The van der Waals surface area contributed by atoms with Gasteiger partial charge in [0.15, 0.2) is 63.6 Å². The molecule has 25 heteroatoms. The molecule has 0 amide bonds. The minimum absolute atomic E-state index is 0. The minimum Gasteiger partial charge on any atom is -0.508 e. The summed E-state index contributed by atoms with van der Waals surface area (Å²) in [6.45, 7) is 16.3. The predicted molar refractivity (Wildman–Crippen MR) is 543 cm³/mol. The van der Waals surface area contributed by atoms with Crippen molar-refractivity contribution in [2.75, 3.05) is 13.2 Å². The maximum absolute atomic E-state index is 14.6. The summed E-state index contributed by atoms with van der Waals surface area (Å²) in [5.41, 5.74) is 14.6. The van der Waals surface area contributed by atoms with E-state index in [4.69, 9.17) is 24.8 Å². The van der Waals surface area contributed by atoms with Crippen LogP contribution in [0.25, 0.3) is 66.8 Å². The fourth-order valence-corrected chi connectivity index (χ4v) is 20.5. The van der Waals surface area contributed by atoms with E-state index >= 15 is 0 Å². The van der Waals surface area contributed by atoms with Crippen LogP contribution in [0.3, 0.4) is 0 Å². The van der Waals surface area contributed by atoms with Gasteiger partial charge in [0.25, 0.3) is 0 Å². The standard InChI is InChI=1S/C25H16F4.C20H28F2O2.C19H26F2O.C19H20F2O.C14H18F2O2.C13H12O.C13H11.6Y/c1-15-2-4-16(5-3-15)17-6-8-18(9-7-17)19-10-11-21(22(26)12-19)20-13-23(27)25(29)24(28)14-20;1-13-2-6-15(7-3-13)16-8-4-14(5-9-16)12-24-18-11-10-17(23)19(21)20(18)22;2*1-12-2-4-13(5-3-12)14-6-8-15(9-7-14)16-10-11-17(22)19(21)18(16)20;1-9-2-4-10(5-3-9)8-18-12-7-6-11(17)13(15)14(12)16;1-10-2-4-11(5-3-10)12-6-8-13(14)9-7-12;1-11-7-9-13(10-8-11)12-5-3-2-4-6-12;;;;;;/h2-14H,1H3;10-11,13-16,23H,2-9,12H2,1H3;10-15,22H,2-9H2,1H3;6-13,22H,2-5H2,1H3;6-7,9-10,17H,2-5,8H2,1H3;2-9,14H,1H3;3-10H,1H3;;;;;;/q;;;;;;-1;;;;;;. The molecule has 148 heavy (non-hydrogen) atoms. The molecule has 768 valence electrons. The van der Waals surface area contributed by atoms with Gasteiger partial charge in [0.1, 0.15) is 11.6 Å². The van der Waals surface area contributed by atoms with Gasteiger partial charge >= 0.3 is 0 Å². The summed E-state index contributed by atoms with van der Waals surface area (Å²) in [4.78, 5) is 0. The first-order valence-electron chi connectivity index (χ1n) is 50.3. The van der Waals surface area contributed by atoms with Crippen LogP contribution in [-0.2, 0) is 196 Å². The van der Waals surface area contributed by atoms with Crippen LogP contribution in [0.4, 0.5) is 52.7 Å². The Kier molecular flexibility index (Phi) is 55.9. The van der Waals surface area contributed by atoms with Crippen molar-refractivity contribution in [2.45, 2.75) is 214 Å². The third kappa shape index (κ3) is 37.5. The Bertz CT molecular complexity index is 6120. The maximum Gasteiger partial charge on any atom is 0.204 e. The summed E-state index contributed by atoms with van der Waals surface area (Å²) in [5.74, 6) is -8.08. The first-order chi connectivity index (χ1) is 68.3. The second-order valence-corrected chi connectivity index (χ2v) is 40.2. The van der Waals surface area contributed by atoms with Gasteiger partial charge in [0, 0.05) is 207 Å². The van der Waals surface area contributed by atoms with Gasteiger partial charge < -0.3 is 35.0 Å². The monoisotopic (exact) mass is 2480 g/mol. The summed E-state index contributed by atoms with van der Waals surface area (Å²) in [6.07, 6.45) is 29.1. The summed E-state index contributed by atoms with van der Waals surface area (Å²) in [5, 5.41) is 45.7. The summed E-state index contributed by atoms with van der Waals surface area (Å²) < 4.78 is 174. The molecule has 0 aliphatic heterocycles. The Balaban J connectivity index is 0.000000235. The Morgan fingerprint density at radius 3 is 0.926 bits per heavy atom. The Morgan fingerprint density at radius 2 is 0.527 bits per heavy atom. The van der Waals surface area contributed by atoms with E-state index in [1.54, 1.807) is 24.3 Å². The van der Waals surface area contributed by atoms with Crippen LogP contribution in [0.1, 0.15) is 221 Å². The number of hydrogen-bond donors (Lipinski definition) is 5. The van der Waals surface area contributed by atoms with E-state index in [1.165, 1.54) is 184 Å². The fourth-order valence-electron chi connectivity index (χ4n) is 20.5. The van der Waals surface area contributed by atoms with Gasteiger partial charge in [-0.05, 0) is 329 Å². The molecule has 7 nitrogen and oxygen atoms in total. The molecular formula is C123H131F12O7Y6-. The van der Waals surface area contributed by atoms with E-state index in [0.717, 1.165) is 145 Å². The third-order valence-electron chi connectivity index (χ3n) is 29.8. The Hall–Kier alpha value is -5.76. The molecule has 19 rings (SSSR count). The molecule has 13 aromatic rings. The third-order valence-corrected chi connectivity index (χ3v) is 29.8. The number of hydrogen-bond acceptors (Lipinski definition) is 7. The number of aryl methyl sites for hydroxylation is 3. The van der Waals surface area contributed by atoms with E-state index in [2.05, 4.69) is 108 Å². The fraction of sp³-hybridized carbons (Fsp3) is 0.366. The normalized spacial score (nSPS) is 20.0. The van der Waals surface area contributed by atoms with E-state index in [0.29, 0.717) is 53.4 Å². The molecule has 0 atom stereocenters. The zero-order valence-electron chi connectivity index (χ0n) is 85.5. The first kappa shape index (κ1) is 129. The summed E-state index contributed by atoms with van der Waals surface area (Å²) in [6, 6.07) is 74.9. The van der Waals surface area contributed by atoms with E-state index in [9.17, 15) is 62.9 Å². The zero-order chi connectivity index (χ0) is 101. The van der Waals surface area contributed by atoms with Crippen LogP contribution in [0, 0.1) is 156 Å². The molecule has 13 aromatic carbocycles. The predicted octanol–water partition coefficient (Wildman–Crippen LogP) is 35.3. The van der Waals surface area contributed by atoms with Gasteiger partial charge in [-0.25, -0.2) is 26.3 Å². The van der Waals surface area contributed by atoms with Crippen molar-refractivity contribution in [3.05, 3.63) is 352 Å². The van der Waals surface area contributed by atoms with Crippen LogP contribution in [0.5, 0.6) is 40.2 Å². The van der Waals surface area contributed by atoms with Gasteiger partial charge in [-0.15, -0.1) is 5.56 Å². The van der Waals surface area contributed by atoms with E-state index < -0.39 is 92.8 Å². The molecule has 6 radical (unpaired) electrons. The van der Waals surface area contributed by atoms with Crippen molar-refractivity contribution in [3.8, 4) is 107 Å². The van der Waals surface area contributed by atoms with Crippen LogP contribution in [0.15, 0.2) is 249 Å². The molecule has 6 fully saturated rings. The molecule has 5 N–H and O–H groups in total. The Labute approximate surface area is 1020 Å². The number of phenolic OH excluding ortho intramolecular Hbond substituents is 5. The molecule has 6 aliphatic carbocycles. The van der Waals surface area contributed by atoms with Crippen molar-refractivity contribution < 1.29 is 284 Å². The number of benzene rings is 13. The van der Waals surface area contributed by atoms with Crippen molar-refractivity contribution in [2.24, 2.45) is 59.2 Å². The van der Waals surface area contributed by atoms with Gasteiger partial charge in [-0.1, -0.05) is 247 Å². The number of halogens is 12. The molecule has 0 spiro atoms. The second-order valence-electron chi connectivity index (χ2n) is 40.2. The second kappa shape index (κ2) is 64.1. The quantitative estimate of drug-likeness (QED) is 0.0371. The van der Waals surface area contributed by atoms with Crippen LogP contribution < -0.4 is 9.47 Å². The van der Waals surface area contributed by atoms with Crippen LogP contribution in [0.2, 0.25) is 0 Å². The molecule has 6 saturated carbocycles. The van der Waals surface area contributed by atoms with Crippen molar-refractivity contribution in [1.82, 2.24) is 0 Å². The maximum atomic E-state index is 14.6. The van der Waals surface area contributed by atoms with Gasteiger partial charge in [-0.3, -0.25) is 0 Å². The number of phenols is 5. The number of aromatic hydroxyl groups is 5. The minimum atomic E-state index is -1.57. The van der Waals surface area contributed by atoms with Crippen molar-refractivity contribution in [3.63, 3.8) is 0 Å². The zero-order valence-corrected chi connectivity index (χ0v) is 103. The van der Waals surface area contributed by atoms with Gasteiger partial charge in [0.2, 0.25) is 34.9 Å². The molecule has 0 unspecified atom stereocenters. The number of ether oxygens (including phenoxy) is 2. The molecule has 0 heterocycles. The van der Waals surface area contributed by atoms with Crippen molar-refractivity contribution >= 4 is 0 Å². The molecule has 0 saturated heterocycles. The topological polar surface area (TPSA) is 120 Å². The average molecular weight is 2480 g/mol. The first-order valence-corrected chi connectivity index (χ1v) is 50.3. The summed E-state index contributed by atoms with van der Waals surface area (Å²) >= 11 is 0. The molecular weight excluding hydrogens is 2350 g/mol. The molecule has 0 bridgehead atoms. The van der Waals surface area contributed by atoms with Gasteiger partial charge in [0.05, 0.1) is 13.2 Å². The van der Waals surface area contributed by atoms with Crippen LogP contribution in [-0.4, -0.2) is 38.7 Å². The van der Waals surface area contributed by atoms with Crippen molar-refractivity contribution in [1.29, 1.82) is 0 Å². The van der Waals surface area contributed by atoms with E-state index in [-0.39, 0.29) is 230 Å². The van der Waals surface area contributed by atoms with E-state index in [1.807, 2.05) is 104 Å².